The molecule has 0 unspecified atom stereocenters. The molecule has 0 bridgehead atoms. The Hall–Kier alpha value is -0.540. The molecule has 0 saturated heterocycles. The molecular weight excluding hydrogens is 242 g/mol. The summed E-state index contributed by atoms with van der Waals surface area (Å²) in [5.41, 5.74) is 1.13. The van der Waals surface area contributed by atoms with Crippen LogP contribution in [0.15, 0.2) is 22.7 Å². The summed E-state index contributed by atoms with van der Waals surface area (Å²) in [5, 5.41) is 3.26. The predicted octanol–water partition coefficient (Wildman–Crippen LogP) is 2.91. The van der Waals surface area contributed by atoms with E-state index in [0.717, 1.165) is 10.2 Å². The van der Waals surface area contributed by atoms with E-state index in [1.54, 1.807) is 7.11 Å². The second-order valence-corrected chi connectivity index (χ2v) is 4.58. The molecule has 0 saturated carbocycles. The third kappa shape index (κ3) is 2.28. The van der Waals surface area contributed by atoms with Gasteiger partial charge in [0.1, 0.15) is 5.75 Å². The van der Waals surface area contributed by atoms with Crippen molar-refractivity contribution in [2.24, 2.45) is 0 Å². The molecule has 2 nitrogen and oxygen atoms in total. The van der Waals surface area contributed by atoms with Gasteiger partial charge in [0.15, 0.2) is 0 Å². The number of hydrogen-bond donors (Lipinski definition) is 1. The van der Waals surface area contributed by atoms with Gasteiger partial charge in [-0.2, -0.15) is 0 Å². The number of ether oxygens (including phenoxy) is 1. The summed E-state index contributed by atoms with van der Waals surface area (Å²) < 4.78 is 6.30. The Bertz CT molecular complexity index is 323. The fraction of sp³-hybridized carbons (Fsp3) is 0.455. The number of rotatable bonds is 3. The van der Waals surface area contributed by atoms with Gasteiger partial charge >= 0.3 is 0 Å². The lowest BCUT2D eigenvalue weighted by atomic mass is 9.94. The number of halogens is 1. The van der Waals surface area contributed by atoms with Gasteiger partial charge in [-0.3, -0.25) is 0 Å². The average Bonchev–Trinajstić information content (AvgIpc) is 2.18. The van der Waals surface area contributed by atoms with Gasteiger partial charge in [-0.25, -0.2) is 0 Å². The van der Waals surface area contributed by atoms with E-state index in [1.807, 2.05) is 25.2 Å². The zero-order valence-corrected chi connectivity index (χ0v) is 10.6. The third-order valence-corrected chi connectivity index (χ3v) is 3.16. The van der Waals surface area contributed by atoms with Crippen LogP contribution in [-0.2, 0) is 5.54 Å². The van der Waals surface area contributed by atoms with Crippen molar-refractivity contribution in [3.8, 4) is 5.75 Å². The minimum Gasteiger partial charge on any atom is -0.497 e. The SMILES string of the molecule is CNC(C)(C)c1cc(OC)ccc1Br. The zero-order chi connectivity index (χ0) is 10.8. The molecule has 0 fully saturated rings. The highest BCUT2D eigenvalue weighted by atomic mass is 79.9. The lowest BCUT2D eigenvalue weighted by Crippen LogP contribution is -2.33. The fourth-order valence-electron chi connectivity index (χ4n) is 1.24. The van der Waals surface area contributed by atoms with Crippen LogP contribution in [-0.4, -0.2) is 14.2 Å². The standard InChI is InChI=1S/C11H16BrNO/c1-11(2,13-3)9-7-8(14-4)5-6-10(9)12/h5-7,13H,1-4H3. The van der Waals surface area contributed by atoms with E-state index < -0.39 is 0 Å². The van der Waals surface area contributed by atoms with Crippen molar-refractivity contribution in [2.75, 3.05) is 14.2 Å². The molecule has 0 aliphatic heterocycles. The summed E-state index contributed by atoms with van der Waals surface area (Å²) in [7, 11) is 3.63. The molecule has 14 heavy (non-hydrogen) atoms. The number of benzene rings is 1. The van der Waals surface area contributed by atoms with Gasteiger partial charge in [0.05, 0.1) is 7.11 Å². The number of hydrogen-bond acceptors (Lipinski definition) is 2. The maximum absolute atomic E-state index is 5.20. The van der Waals surface area contributed by atoms with Crippen LogP contribution in [0.1, 0.15) is 19.4 Å². The molecule has 0 radical (unpaired) electrons. The van der Waals surface area contributed by atoms with Crippen molar-refractivity contribution in [2.45, 2.75) is 19.4 Å². The molecule has 0 aliphatic rings. The molecule has 78 valence electrons. The van der Waals surface area contributed by atoms with Gasteiger partial charge in [-0.05, 0) is 44.7 Å². The van der Waals surface area contributed by atoms with Crippen LogP contribution in [0, 0.1) is 0 Å². The van der Waals surface area contributed by atoms with E-state index in [4.69, 9.17) is 4.74 Å². The Morgan fingerprint density at radius 3 is 2.50 bits per heavy atom. The number of nitrogens with one attached hydrogen (secondary N) is 1. The van der Waals surface area contributed by atoms with Gasteiger partial charge in [0.2, 0.25) is 0 Å². The van der Waals surface area contributed by atoms with Crippen LogP contribution in [0.2, 0.25) is 0 Å². The van der Waals surface area contributed by atoms with Crippen LogP contribution >= 0.6 is 15.9 Å². The molecule has 0 atom stereocenters. The van der Waals surface area contributed by atoms with E-state index in [1.165, 1.54) is 5.56 Å². The Morgan fingerprint density at radius 2 is 2.00 bits per heavy atom. The molecule has 0 spiro atoms. The Labute approximate surface area is 93.8 Å². The zero-order valence-electron chi connectivity index (χ0n) is 9.02. The molecule has 0 heterocycles. The summed E-state index contributed by atoms with van der Waals surface area (Å²) in [5.74, 6) is 0.881. The predicted molar refractivity (Wildman–Crippen MR) is 62.8 cm³/mol. The molecule has 1 aromatic rings. The summed E-state index contributed by atoms with van der Waals surface area (Å²) in [6.45, 7) is 4.26. The molecule has 1 rings (SSSR count). The monoisotopic (exact) mass is 257 g/mol. The van der Waals surface area contributed by atoms with Crippen molar-refractivity contribution in [3.05, 3.63) is 28.2 Å². The molecule has 1 aromatic carbocycles. The second kappa shape index (κ2) is 4.32. The highest BCUT2D eigenvalue weighted by Crippen LogP contribution is 2.30. The van der Waals surface area contributed by atoms with Crippen molar-refractivity contribution >= 4 is 15.9 Å². The Morgan fingerprint density at radius 1 is 1.36 bits per heavy atom. The Balaban J connectivity index is 3.18. The van der Waals surface area contributed by atoms with Crippen LogP contribution < -0.4 is 10.1 Å². The smallest absolute Gasteiger partial charge is 0.119 e. The highest BCUT2D eigenvalue weighted by Gasteiger charge is 2.20. The summed E-state index contributed by atoms with van der Waals surface area (Å²) >= 11 is 3.54. The largest absolute Gasteiger partial charge is 0.497 e. The first-order valence-corrected chi connectivity index (χ1v) is 5.33. The third-order valence-electron chi connectivity index (χ3n) is 2.47. The Kier molecular flexibility index (Phi) is 3.56. The highest BCUT2D eigenvalue weighted by molar-refractivity contribution is 9.10. The quantitative estimate of drug-likeness (QED) is 0.900. The van der Waals surface area contributed by atoms with E-state index in [2.05, 4.69) is 35.1 Å². The first-order valence-electron chi connectivity index (χ1n) is 4.54. The van der Waals surface area contributed by atoms with Crippen molar-refractivity contribution in [1.82, 2.24) is 5.32 Å². The van der Waals surface area contributed by atoms with Crippen molar-refractivity contribution in [3.63, 3.8) is 0 Å². The fourth-order valence-corrected chi connectivity index (χ4v) is 1.99. The van der Waals surface area contributed by atoms with Crippen molar-refractivity contribution < 1.29 is 4.74 Å². The van der Waals surface area contributed by atoms with Gasteiger partial charge < -0.3 is 10.1 Å². The van der Waals surface area contributed by atoms with Crippen LogP contribution in [0.5, 0.6) is 5.75 Å². The normalized spacial score (nSPS) is 11.5. The first kappa shape index (κ1) is 11.5. The van der Waals surface area contributed by atoms with E-state index >= 15 is 0 Å². The molecule has 1 N–H and O–H groups in total. The summed E-state index contributed by atoms with van der Waals surface area (Å²) in [6, 6.07) is 5.99. The lowest BCUT2D eigenvalue weighted by Gasteiger charge is -2.26. The second-order valence-electron chi connectivity index (χ2n) is 3.72. The minimum atomic E-state index is -0.0621. The van der Waals surface area contributed by atoms with Crippen LogP contribution in [0.4, 0.5) is 0 Å². The van der Waals surface area contributed by atoms with Gasteiger partial charge in [0, 0.05) is 10.0 Å². The van der Waals surface area contributed by atoms with Gasteiger partial charge in [0.25, 0.3) is 0 Å². The molecular formula is C11H16BrNO. The summed E-state index contributed by atoms with van der Waals surface area (Å²) in [4.78, 5) is 0. The summed E-state index contributed by atoms with van der Waals surface area (Å²) in [6.07, 6.45) is 0. The lowest BCUT2D eigenvalue weighted by molar-refractivity contribution is 0.405. The molecule has 0 amide bonds. The van der Waals surface area contributed by atoms with Crippen LogP contribution in [0.25, 0.3) is 0 Å². The number of methoxy groups -OCH3 is 1. The average molecular weight is 258 g/mol. The first-order chi connectivity index (χ1) is 6.51. The molecule has 0 aliphatic carbocycles. The molecule has 3 heteroatoms. The van der Waals surface area contributed by atoms with Gasteiger partial charge in [-0.1, -0.05) is 15.9 Å². The maximum atomic E-state index is 5.20. The van der Waals surface area contributed by atoms with E-state index in [9.17, 15) is 0 Å². The van der Waals surface area contributed by atoms with E-state index in [-0.39, 0.29) is 5.54 Å². The van der Waals surface area contributed by atoms with E-state index in [0.29, 0.717) is 0 Å². The van der Waals surface area contributed by atoms with Crippen molar-refractivity contribution in [1.29, 1.82) is 0 Å². The van der Waals surface area contributed by atoms with Gasteiger partial charge in [-0.15, -0.1) is 0 Å². The van der Waals surface area contributed by atoms with Crippen LogP contribution in [0.3, 0.4) is 0 Å². The maximum Gasteiger partial charge on any atom is 0.119 e. The minimum absolute atomic E-state index is 0.0621. The topological polar surface area (TPSA) is 21.3 Å². The molecule has 0 aromatic heterocycles.